The third-order valence-electron chi connectivity index (χ3n) is 3.58. The number of piperidine rings is 1. The van der Waals surface area contributed by atoms with Gasteiger partial charge in [0.05, 0.1) is 23.2 Å². The van der Waals surface area contributed by atoms with E-state index >= 15 is 0 Å². The Morgan fingerprint density at radius 2 is 2.35 bits per heavy atom. The number of hydrogen-bond donors (Lipinski definition) is 1. The molecule has 1 aliphatic rings. The summed E-state index contributed by atoms with van der Waals surface area (Å²) in [6.45, 7) is 4.05. The number of anilines is 1. The second-order valence-corrected chi connectivity index (χ2v) is 4.89. The number of hydrogen-bond acceptors (Lipinski definition) is 5. The molecule has 20 heavy (non-hydrogen) atoms. The topological polar surface area (TPSA) is 75.8 Å². The number of nitrogens with zero attached hydrogens (tertiary/aromatic N) is 2. The van der Waals surface area contributed by atoms with Crippen molar-refractivity contribution in [1.29, 1.82) is 0 Å². The molecule has 1 aliphatic heterocycles. The standard InChI is InChI=1S/C14H20N2O4/c1-2-20-13-4-3-7-15(9-13)12-5-6-14(16(18)19)11(8-12)10-17/h5-6,8,13,17H,2-4,7,9-10H2,1H3. The quantitative estimate of drug-likeness (QED) is 0.660. The maximum Gasteiger partial charge on any atom is 0.275 e. The van der Waals surface area contributed by atoms with Crippen LogP contribution in [0.2, 0.25) is 0 Å². The van der Waals surface area contributed by atoms with E-state index in [1.165, 1.54) is 6.07 Å². The number of aliphatic hydroxyl groups is 1. The molecule has 110 valence electrons. The van der Waals surface area contributed by atoms with Crippen LogP contribution in [-0.4, -0.2) is 35.8 Å². The van der Waals surface area contributed by atoms with Gasteiger partial charge in [0.25, 0.3) is 5.69 Å². The van der Waals surface area contributed by atoms with Gasteiger partial charge < -0.3 is 14.7 Å². The molecule has 0 saturated carbocycles. The molecule has 1 aromatic carbocycles. The molecule has 0 bridgehead atoms. The first-order chi connectivity index (χ1) is 9.65. The Bertz CT molecular complexity index is 476. The van der Waals surface area contributed by atoms with Gasteiger partial charge in [-0.05, 0) is 31.9 Å². The van der Waals surface area contributed by atoms with Crippen LogP contribution >= 0.6 is 0 Å². The summed E-state index contributed by atoms with van der Waals surface area (Å²) in [6.07, 6.45) is 2.29. The Hall–Kier alpha value is -1.66. The fraction of sp³-hybridized carbons (Fsp3) is 0.571. The number of ether oxygens (including phenoxy) is 1. The lowest BCUT2D eigenvalue weighted by Crippen LogP contribution is -2.39. The van der Waals surface area contributed by atoms with Gasteiger partial charge in [-0.3, -0.25) is 10.1 Å². The molecular weight excluding hydrogens is 260 g/mol. The van der Waals surface area contributed by atoms with Crippen LogP contribution in [-0.2, 0) is 11.3 Å². The summed E-state index contributed by atoms with van der Waals surface area (Å²) in [7, 11) is 0. The third kappa shape index (κ3) is 3.26. The van der Waals surface area contributed by atoms with E-state index in [0.717, 1.165) is 31.6 Å². The zero-order chi connectivity index (χ0) is 14.5. The van der Waals surface area contributed by atoms with Crippen LogP contribution in [0.1, 0.15) is 25.3 Å². The highest BCUT2D eigenvalue weighted by Crippen LogP contribution is 2.27. The number of nitro benzene ring substituents is 1. The number of nitro groups is 1. The van der Waals surface area contributed by atoms with E-state index in [1.54, 1.807) is 12.1 Å². The minimum Gasteiger partial charge on any atom is -0.391 e. The highest BCUT2D eigenvalue weighted by Gasteiger charge is 2.22. The summed E-state index contributed by atoms with van der Waals surface area (Å²) < 4.78 is 5.65. The highest BCUT2D eigenvalue weighted by molar-refractivity contribution is 5.55. The molecular formula is C14H20N2O4. The summed E-state index contributed by atoms with van der Waals surface area (Å²) in [5.74, 6) is 0. The largest absolute Gasteiger partial charge is 0.391 e. The lowest BCUT2D eigenvalue weighted by Gasteiger charge is -2.34. The van der Waals surface area contributed by atoms with Gasteiger partial charge >= 0.3 is 0 Å². The van der Waals surface area contributed by atoms with Crippen molar-refractivity contribution >= 4 is 11.4 Å². The zero-order valence-electron chi connectivity index (χ0n) is 11.6. The van der Waals surface area contributed by atoms with Crippen molar-refractivity contribution in [2.24, 2.45) is 0 Å². The zero-order valence-corrected chi connectivity index (χ0v) is 11.6. The molecule has 2 rings (SSSR count). The van der Waals surface area contributed by atoms with Crippen LogP contribution < -0.4 is 4.90 Å². The van der Waals surface area contributed by atoms with Crippen LogP contribution in [0.25, 0.3) is 0 Å². The Balaban J connectivity index is 2.18. The SMILES string of the molecule is CCOC1CCCN(c2ccc([N+](=O)[O-])c(CO)c2)C1. The summed E-state index contributed by atoms with van der Waals surface area (Å²) in [6, 6.07) is 4.91. The predicted molar refractivity (Wildman–Crippen MR) is 75.9 cm³/mol. The Morgan fingerprint density at radius 1 is 1.55 bits per heavy atom. The molecule has 0 radical (unpaired) electrons. The fourth-order valence-corrected chi connectivity index (χ4v) is 2.62. The maximum absolute atomic E-state index is 10.9. The van der Waals surface area contributed by atoms with Crippen LogP contribution in [0.3, 0.4) is 0 Å². The van der Waals surface area contributed by atoms with E-state index in [2.05, 4.69) is 4.90 Å². The average Bonchev–Trinajstić information content (AvgIpc) is 2.47. The van der Waals surface area contributed by atoms with E-state index in [4.69, 9.17) is 4.74 Å². The summed E-state index contributed by atoms with van der Waals surface area (Å²) in [4.78, 5) is 12.6. The van der Waals surface area contributed by atoms with Gasteiger partial charge in [0.2, 0.25) is 0 Å². The maximum atomic E-state index is 10.9. The molecule has 1 unspecified atom stereocenters. The Morgan fingerprint density at radius 3 is 3.00 bits per heavy atom. The second kappa shape index (κ2) is 6.67. The molecule has 1 heterocycles. The fourth-order valence-electron chi connectivity index (χ4n) is 2.62. The van der Waals surface area contributed by atoms with Gasteiger partial charge in [-0.25, -0.2) is 0 Å². The lowest BCUT2D eigenvalue weighted by molar-refractivity contribution is -0.385. The van der Waals surface area contributed by atoms with Crippen molar-refractivity contribution in [2.45, 2.75) is 32.5 Å². The normalized spacial score (nSPS) is 19.1. The van der Waals surface area contributed by atoms with Crippen LogP contribution in [0, 0.1) is 10.1 Å². The van der Waals surface area contributed by atoms with Crippen molar-refractivity contribution in [3.63, 3.8) is 0 Å². The third-order valence-corrected chi connectivity index (χ3v) is 3.58. The van der Waals surface area contributed by atoms with Gasteiger partial charge in [-0.2, -0.15) is 0 Å². The van der Waals surface area contributed by atoms with Gasteiger partial charge in [0.1, 0.15) is 0 Å². The predicted octanol–water partition coefficient (Wildman–Crippen LogP) is 2.09. The molecule has 0 amide bonds. The van der Waals surface area contributed by atoms with Crippen molar-refractivity contribution in [3.8, 4) is 0 Å². The molecule has 6 heteroatoms. The lowest BCUT2D eigenvalue weighted by atomic mass is 10.1. The Kier molecular flexibility index (Phi) is 4.92. The second-order valence-electron chi connectivity index (χ2n) is 4.89. The van der Waals surface area contributed by atoms with Crippen molar-refractivity contribution < 1.29 is 14.8 Å². The van der Waals surface area contributed by atoms with E-state index in [9.17, 15) is 15.2 Å². The molecule has 6 nitrogen and oxygen atoms in total. The van der Waals surface area contributed by atoms with Crippen LogP contribution in [0.4, 0.5) is 11.4 Å². The van der Waals surface area contributed by atoms with Gasteiger partial charge in [0.15, 0.2) is 0 Å². The molecule has 1 atom stereocenters. The minimum atomic E-state index is -0.464. The smallest absolute Gasteiger partial charge is 0.275 e. The number of benzene rings is 1. The number of aliphatic hydroxyl groups excluding tert-OH is 1. The average molecular weight is 280 g/mol. The summed E-state index contributed by atoms with van der Waals surface area (Å²) in [5, 5.41) is 20.1. The summed E-state index contributed by atoms with van der Waals surface area (Å²) in [5.41, 5.74) is 1.23. The molecule has 1 fully saturated rings. The van der Waals surface area contributed by atoms with E-state index in [0.29, 0.717) is 12.2 Å². The molecule has 0 spiro atoms. The monoisotopic (exact) mass is 280 g/mol. The molecule has 0 aromatic heterocycles. The van der Waals surface area contributed by atoms with Crippen molar-refractivity contribution in [1.82, 2.24) is 0 Å². The van der Waals surface area contributed by atoms with E-state index < -0.39 is 4.92 Å². The van der Waals surface area contributed by atoms with E-state index in [1.807, 2.05) is 6.92 Å². The van der Waals surface area contributed by atoms with Crippen LogP contribution in [0.5, 0.6) is 0 Å². The Labute approximate surface area is 118 Å². The summed E-state index contributed by atoms with van der Waals surface area (Å²) >= 11 is 0. The van der Waals surface area contributed by atoms with E-state index in [-0.39, 0.29) is 18.4 Å². The first-order valence-electron chi connectivity index (χ1n) is 6.90. The van der Waals surface area contributed by atoms with Gasteiger partial charge in [-0.1, -0.05) is 0 Å². The first kappa shape index (κ1) is 14.7. The van der Waals surface area contributed by atoms with Gasteiger partial charge in [0, 0.05) is 31.5 Å². The minimum absolute atomic E-state index is 0.0328. The molecule has 1 saturated heterocycles. The van der Waals surface area contributed by atoms with Crippen molar-refractivity contribution in [3.05, 3.63) is 33.9 Å². The van der Waals surface area contributed by atoms with Crippen molar-refractivity contribution in [2.75, 3.05) is 24.6 Å². The van der Waals surface area contributed by atoms with Gasteiger partial charge in [-0.15, -0.1) is 0 Å². The highest BCUT2D eigenvalue weighted by atomic mass is 16.6. The molecule has 0 aliphatic carbocycles. The molecule has 1 aromatic rings. The first-order valence-corrected chi connectivity index (χ1v) is 6.90. The molecule has 1 N–H and O–H groups in total. The number of rotatable bonds is 5. The van der Waals surface area contributed by atoms with Crippen LogP contribution in [0.15, 0.2) is 18.2 Å².